The molecule has 0 bridgehead atoms. The Balaban J connectivity index is 1.85. The summed E-state index contributed by atoms with van der Waals surface area (Å²) in [5.74, 6) is -1.33. The fourth-order valence-corrected chi connectivity index (χ4v) is 5.82. The second kappa shape index (κ2) is 11.4. The Morgan fingerprint density at radius 2 is 1.97 bits per heavy atom. The molecular formula is C27H42N2O6S. The highest BCUT2D eigenvalue weighted by Gasteiger charge is 2.52. The molecule has 202 valence electrons. The smallest absolute Gasteiger partial charge is 0.223 e. The molecule has 9 heteroatoms. The van der Waals surface area contributed by atoms with Gasteiger partial charge in [-0.3, -0.25) is 9.59 Å². The number of aliphatic hydroxyl groups is 3. The average Bonchev–Trinajstić information content (AvgIpc) is 3.23. The van der Waals surface area contributed by atoms with Crippen LogP contribution in [0.5, 0.6) is 0 Å². The van der Waals surface area contributed by atoms with Crippen molar-refractivity contribution in [2.24, 2.45) is 17.3 Å². The molecule has 2 fully saturated rings. The number of ketones is 1. The third-order valence-electron chi connectivity index (χ3n) is 8.14. The van der Waals surface area contributed by atoms with Gasteiger partial charge in [0, 0.05) is 17.7 Å². The molecule has 0 radical (unpaired) electrons. The summed E-state index contributed by atoms with van der Waals surface area (Å²) in [6.45, 7) is 10.8. The van der Waals surface area contributed by atoms with Crippen LogP contribution in [0.2, 0.25) is 0 Å². The lowest BCUT2D eigenvalue weighted by Gasteiger charge is -2.34. The molecule has 1 aromatic heterocycles. The Morgan fingerprint density at radius 1 is 1.28 bits per heavy atom. The maximum absolute atomic E-state index is 13.2. The van der Waals surface area contributed by atoms with Gasteiger partial charge in [0.2, 0.25) is 5.91 Å². The lowest BCUT2D eigenvalue weighted by atomic mass is 9.72. The Kier molecular flexibility index (Phi) is 9.15. The number of carbonyl (C=O) groups is 2. The van der Waals surface area contributed by atoms with Crippen molar-refractivity contribution in [2.45, 2.75) is 110 Å². The number of hydrogen-bond donors (Lipinski definition) is 4. The van der Waals surface area contributed by atoms with E-state index in [1.807, 2.05) is 25.3 Å². The molecule has 1 aromatic rings. The maximum Gasteiger partial charge on any atom is 0.223 e. The van der Waals surface area contributed by atoms with Crippen molar-refractivity contribution < 1.29 is 29.6 Å². The summed E-state index contributed by atoms with van der Waals surface area (Å²) in [6.07, 6.45) is 2.67. The summed E-state index contributed by atoms with van der Waals surface area (Å²) >= 11 is 1.37. The van der Waals surface area contributed by atoms with Crippen molar-refractivity contribution in [3.05, 3.63) is 21.7 Å². The number of ether oxygens (including phenoxy) is 1. The van der Waals surface area contributed by atoms with Crippen LogP contribution in [0, 0.1) is 17.3 Å². The minimum absolute atomic E-state index is 0.0235. The number of carbonyl (C=O) groups excluding carboxylic acids is 2. The Bertz CT molecular complexity index is 975. The number of nitrogens with one attached hydrogen (secondary N) is 1. The van der Waals surface area contributed by atoms with Gasteiger partial charge in [-0.1, -0.05) is 34.1 Å². The van der Waals surface area contributed by atoms with Crippen molar-refractivity contribution in [1.29, 1.82) is 0 Å². The Labute approximate surface area is 218 Å². The van der Waals surface area contributed by atoms with E-state index >= 15 is 0 Å². The first-order chi connectivity index (χ1) is 16.8. The fraction of sp³-hybridized carbons (Fsp3) is 0.741. The van der Waals surface area contributed by atoms with Crippen LogP contribution in [0.15, 0.2) is 11.0 Å². The quantitative estimate of drug-likeness (QED) is 0.448. The standard InChI is InChI=1S/C27H42N2O6S/c1-15-8-7-9-27(6)21(35-27)11-19(16(2)10-18-14-36-23(13-30)28-18)29-22(32)12-20(31)26(4,5)25(34)17(3)24(15)33/h10,14-15,17,19-21,24,30-31,33H,7-9,11-13H2,1-6H3,(H,29,32)/b16-10+/t15?,17?,19-,20?,21-,24-,27+/m0/s1. The maximum atomic E-state index is 13.2. The van der Waals surface area contributed by atoms with Gasteiger partial charge in [-0.2, -0.15) is 0 Å². The molecule has 0 aromatic carbocycles. The van der Waals surface area contributed by atoms with E-state index in [0.717, 1.165) is 30.5 Å². The van der Waals surface area contributed by atoms with Crippen molar-refractivity contribution in [3.63, 3.8) is 0 Å². The number of nitrogens with zero attached hydrogens (tertiary/aromatic N) is 1. The van der Waals surface area contributed by atoms with E-state index in [9.17, 15) is 24.9 Å². The minimum atomic E-state index is -1.19. The number of Topliss-reactive ketones (excluding diaryl/α,β-unsaturated/α-hetero) is 1. The van der Waals surface area contributed by atoms with Gasteiger partial charge in [-0.25, -0.2) is 4.98 Å². The Morgan fingerprint density at radius 3 is 2.61 bits per heavy atom. The molecular weight excluding hydrogens is 480 g/mol. The molecule has 7 atom stereocenters. The SMILES string of the molecule is C/C(=C\c1csc(CO)n1)[C@@H]1C[C@@H]2O[C@]2(C)CCCC(C)[C@H](O)C(C)C(=O)C(C)(C)C(O)CC(=O)N1. The molecule has 3 heterocycles. The van der Waals surface area contributed by atoms with E-state index in [0.29, 0.717) is 11.4 Å². The molecule has 4 N–H and O–H groups in total. The van der Waals surface area contributed by atoms with E-state index < -0.39 is 23.5 Å². The molecule has 0 spiro atoms. The molecule has 8 nitrogen and oxygen atoms in total. The number of fused-ring (bicyclic) bond motifs is 1. The molecule has 0 saturated carbocycles. The summed E-state index contributed by atoms with van der Waals surface area (Å²) in [5, 5.41) is 36.6. The predicted octanol–water partition coefficient (Wildman–Crippen LogP) is 3.23. The van der Waals surface area contributed by atoms with Crippen LogP contribution in [0.4, 0.5) is 0 Å². The number of aliphatic hydroxyl groups excluding tert-OH is 3. The second-order valence-corrected chi connectivity index (χ2v) is 12.4. The fourth-order valence-electron chi connectivity index (χ4n) is 5.21. The summed E-state index contributed by atoms with van der Waals surface area (Å²) in [4.78, 5) is 30.7. The van der Waals surface area contributed by atoms with E-state index in [1.54, 1.807) is 20.8 Å². The molecule has 3 unspecified atom stereocenters. The van der Waals surface area contributed by atoms with E-state index in [4.69, 9.17) is 4.74 Å². The zero-order valence-corrected chi connectivity index (χ0v) is 23.1. The van der Waals surface area contributed by atoms with E-state index in [1.165, 1.54) is 11.3 Å². The van der Waals surface area contributed by atoms with Crippen LogP contribution in [0.3, 0.4) is 0 Å². The topological polar surface area (TPSA) is 132 Å². The zero-order valence-electron chi connectivity index (χ0n) is 22.3. The molecule has 2 aliphatic heterocycles. The van der Waals surface area contributed by atoms with E-state index in [-0.39, 0.29) is 48.4 Å². The van der Waals surface area contributed by atoms with Crippen LogP contribution in [0.25, 0.3) is 6.08 Å². The first-order valence-electron chi connectivity index (χ1n) is 12.9. The molecule has 2 saturated heterocycles. The summed E-state index contributed by atoms with van der Waals surface area (Å²) < 4.78 is 6.08. The average molecular weight is 523 g/mol. The first-order valence-corrected chi connectivity index (χ1v) is 13.8. The normalized spacial score (nSPS) is 36.8. The van der Waals surface area contributed by atoms with Crippen LogP contribution in [0.1, 0.15) is 84.3 Å². The van der Waals surface area contributed by atoms with Crippen molar-refractivity contribution in [3.8, 4) is 0 Å². The van der Waals surface area contributed by atoms with Gasteiger partial charge in [0.05, 0.1) is 54.1 Å². The number of thiazole rings is 1. The van der Waals surface area contributed by atoms with Gasteiger partial charge in [-0.15, -0.1) is 11.3 Å². The van der Waals surface area contributed by atoms with Gasteiger partial charge < -0.3 is 25.4 Å². The molecule has 36 heavy (non-hydrogen) atoms. The van der Waals surface area contributed by atoms with Crippen molar-refractivity contribution in [1.82, 2.24) is 10.3 Å². The summed E-state index contributed by atoms with van der Waals surface area (Å²) in [7, 11) is 0. The van der Waals surface area contributed by atoms with Crippen molar-refractivity contribution in [2.75, 3.05) is 0 Å². The zero-order chi connectivity index (χ0) is 26.8. The highest BCUT2D eigenvalue weighted by Crippen LogP contribution is 2.44. The monoisotopic (exact) mass is 522 g/mol. The number of rotatable bonds is 3. The largest absolute Gasteiger partial charge is 0.392 e. The minimum Gasteiger partial charge on any atom is -0.392 e. The van der Waals surface area contributed by atoms with Crippen LogP contribution >= 0.6 is 11.3 Å². The van der Waals surface area contributed by atoms with Crippen LogP contribution in [-0.2, 0) is 20.9 Å². The Hall–Kier alpha value is -1.65. The number of amides is 1. The molecule has 3 rings (SSSR count). The third kappa shape index (κ3) is 6.61. The second-order valence-electron chi connectivity index (χ2n) is 11.4. The number of aromatic nitrogens is 1. The lowest BCUT2D eigenvalue weighted by molar-refractivity contribution is -0.143. The van der Waals surface area contributed by atoms with Crippen LogP contribution in [-0.4, -0.2) is 61.9 Å². The highest BCUT2D eigenvalue weighted by molar-refractivity contribution is 7.09. The first kappa shape index (κ1) is 28.9. The third-order valence-corrected chi connectivity index (χ3v) is 8.99. The van der Waals surface area contributed by atoms with Crippen molar-refractivity contribution >= 4 is 29.1 Å². The number of epoxide rings is 1. The van der Waals surface area contributed by atoms with Gasteiger partial charge in [0.25, 0.3) is 0 Å². The number of hydrogen-bond acceptors (Lipinski definition) is 8. The van der Waals surface area contributed by atoms with E-state index in [2.05, 4.69) is 17.2 Å². The lowest BCUT2D eigenvalue weighted by Crippen LogP contribution is -2.47. The van der Waals surface area contributed by atoms with Gasteiger partial charge >= 0.3 is 0 Å². The molecule has 0 aliphatic carbocycles. The summed E-state index contributed by atoms with van der Waals surface area (Å²) in [5.41, 5.74) is 0.135. The highest BCUT2D eigenvalue weighted by atomic mass is 32.1. The van der Waals surface area contributed by atoms with Gasteiger partial charge in [-0.05, 0) is 44.3 Å². The van der Waals surface area contributed by atoms with Gasteiger partial charge in [0.15, 0.2) is 0 Å². The van der Waals surface area contributed by atoms with Gasteiger partial charge in [0.1, 0.15) is 10.8 Å². The molecule has 1 amide bonds. The molecule has 2 aliphatic rings. The van der Waals surface area contributed by atoms with Crippen LogP contribution < -0.4 is 5.32 Å². The predicted molar refractivity (Wildman–Crippen MR) is 139 cm³/mol. The summed E-state index contributed by atoms with van der Waals surface area (Å²) in [6, 6.07) is -0.331.